The minimum absolute atomic E-state index is 0.219. The van der Waals surface area contributed by atoms with Crippen molar-refractivity contribution in [3.8, 4) is 22.3 Å². The van der Waals surface area contributed by atoms with Crippen LogP contribution < -0.4 is 4.90 Å². The summed E-state index contributed by atoms with van der Waals surface area (Å²) in [6.45, 7) is 10.7. The van der Waals surface area contributed by atoms with Gasteiger partial charge < -0.3 is 9.64 Å². The van der Waals surface area contributed by atoms with E-state index in [1.165, 1.54) is 23.2 Å². The van der Waals surface area contributed by atoms with Gasteiger partial charge in [0.15, 0.2) is 6.23 Å². The third-order valence-electron chi connectivity index (χ3n) is 6.06. The fraction of sp³-hybridized carbons (Fsp3) is 0.241. The van der Waals surface area contributed by atoms with Crippen LogP contribution in [0.4, 0.5) is 10.1 Å². The molecule has 190 valence electrons. The number of ether oxygens (including phenoxy) is 1. The Balaban J connectivity index is 1.85. The second-order valence-corrected chi connectivity index (χ2v) is 9.82. The van der Waals surface area contributed by atoms with E-state index in [0.29, 0.717) is 16.9 Å². The molecule has 0 saturated carbocycles. The molecule has 0 radical (unpaired) electrons. The van der Waals surface area contributed by atoms with E-state index in [4.69, 9.17) is 9.72 Å². The summed E-state index contributed by atoms with van der Waals surface area (Å²) in [6, 6.07) is 12.5. The highest BCUT2D eigenvalue weighted by molar-refractivity contribution is 6.01. The average Bonchev–Trinajstić information content (AvgIpc) is 3.26. The third-order valence-corrected chi connectivity index (χ3v) is 6.06. The standard InChI is InChI=1S/C29H29FN4O3/c1-7-26(35)33(6)22-10-8-9-19(13-22)21-14-23-24(20-11-12-31-25(30)15-20)17-34(27(23)32-16-21)18(2)37-28(36)29(3,4)5/h7-18H,1H2,2-6H3. The van der Waals surface area contributed by atoms with Crippen LogP contribution in [0.2, 0.25) is 0 Å². The molecule has 1 aromatic carbocycles. The van der Waals surface area contributed by atoms with E-state index >= 15 is 0 Å². The van der Waals surface area contributed by atoms with Gasteiger partial charge in [-0.05, 0) is 69.2 Å². The van der Waals surface area contributed by atoms with E-state index in [1.54, 1.807) is 51.6 Å². The van der Waals surface area contributed by atoms with Gasteiger partial charge in [0.1, 0.15) is 5.65 Å². The van der Waals surface area contributed by atoms with Crippen LogP contribution >= 0.6 is 0 Å². The maximum Gasteiger partial charge on any atom is 0.313 e. The fourth-order valence-electron chi connectivity index (χ4n) is 3.91. The summed E-state index contributed by atoms with van der Waals surface area (Å²) in [5.74, 6) is -1.16. The van der Waals surface area contributed by atoms with Gasteiger partial charge >= 0.3 is 5.97 Å². The molecule has 8 heteroatoms. The lowest BCUT2D eigenvalue weighted by Crippen LogP contribution is -2.26. The number of amides is 1. The van der Waals surface area contributed by atoms with Crippen LogP contribution in [-0.2, 0) is 14.3 Å². The molecule has 3 aromatic heterocycles. The van der Waals surface area contributed by atoms with Crippen LogP contribution in [0.5, 0.6) is 0 Å². The maximum absolute atomic E-state index is 14.0. The van der Waals surface area contributed by atoms with Gasteiger partial charge in [-0.15, -0.1) is 0 Å². The van der Waals surface area contributed by atoms with Gasteiger partial charge in [0, 0.05) is 53.9 Å². The Morgan fingerprint density at radius 3 is 2.54 bits per heavy atom. The number of fused-ring (bicyclic) bond motifs is 1. The van der Waals surface area contributed by atoms with E-state index in [-0.39, 0.29) is 11.9 Å². The summed E-state index contributed by atoms with van der Waals surface area (Å²) in [7, 11) is 1.68. The number of carbonyl (C=O) groups excluding carboxylic acids is 2. The Kier molecular flexibility index (Phi) is 6.94. The fourth-order valence-corrected chi connectivity index (χ4v) is 3.91. The molecule has 0 spiro atoms. The Hall–Kier alpha value is -4.33. The number of anilines is 1. The number of hydrogen-bond acceptors (Lipinski definition) is 5. The summed E-state index contributed by atoms with van der Waals surface area (Å²) in [6.07, 6.45) is 5.56. The Labute approximate surface area is 215 Å². The van der Waals surface area contributed by atoms with Gasteiger partial charge in [-0.1, -0.05) is 18.7 Å². The number of aromatic nitrogens is 3. The molecule has 3 heterocycles. The van der Waals surface area contributed by atoms with E-state index in [9.17, 15) is 14.0 Å². The first-order valence-corrected chi connectivity index (χ1v) is 11.8. The number of rotatable bonds is 6. The van der Waals surface area contributed by atoms with Crippen molar-refractivity contribution in [2.75, 3.05) is 11.9 Å². The Morgan fingerprint density at radius 2 is 1.86 bits per heavy atom. The molecule has 0 aliphatic rings. The predicted molar refractivity (Wildman–Crippen MR) is 142 cm³/mol. The molecular formula is C29H29FN4O3. The van der Waals surface area contributed by atoms with E-state index in [1.807, 2.05) is 36.5 Å². The second-order valence-electron chi connectivity index (χ2n) is 9.82. The topological polar surface area (TPSA) is 77.3 Å². The summed E-state index contributed by atoms with van der Waals surface area (Å²) in [5, 5.41) is 0.752. The summed E-state index contributed by atoms with van der Waals surface area (Å²) >= 11 is 0. The number of nitrogens with zero attached hydrogens (tertiary/aromatic N) is 4. The number of halogens is 1. The highest BCUT2D eigenvalue weighted by Crippen LogP contribution is 2.35. The average molecular weight is 501 g/mol. The zero-order chi connectivity index (χ0) is 26.9. The van der Waals surface area contributed by atoms with Crippen molar-refractivity contribution >= 4 is 28.6 Å². The minimum Gasteiger partial charge on any atom is -0.441 e. The van der Waals surface area contributed by atoms with Crippen molar-refractivity contribution in [1.29, 1.82) is 0 Å². The van der Waals surface area contributed by atoms with Crippen LogP contribution in [0.15, 0.2) is 73.7 Å². The SMILES string of the molecule is C=CC(=O)N(C)c1cccc(-c2cnc3c(c2)c(-c2ccnc(F)c2)cn3C(C)OC(=O)C(C)(C)C)c1. The van der Waals surface area contributed by atoms with Gasteiger partial charge in [0.05, 0.1) is 5.41 Å². The first-order chi connectivity index (χ1) is 17.5. The molecule has 0 saturated heterocycles. The van der Waals surface area contributed by atoms with Crippen LogP contribution in [0.1, 0.15) is 33.9 Å². The summed E-state index contributed by atoms with van der Waals surface area (Å²) in [4.78, 5) is 34.5. The minimum atomic E-state index is -0.667. The van der Waals surface area contributed by atoms with Gasteiger partial charge in [-0.2, -0.15) is 4.39 Å². The van der Waals surface area contributed by atoms with Crippen LogP contribution in [0.25, 0.3) is 33.3 Å². The lowest BCUT2D eigenvalue weighted by atomic mass is 9.97. The molecule has 1 unspecified atom stereocenters. The van der Waals surface area contributed by atoms with Crippen molar-refractivity contribution in [2.24, 2.45) is 5.41 Å². The zero-order valence-electron chi connectivity index (χ0n) is 21.5. The Bertz CT molecular complexity index is 1500. The van der Waals surface area contributed by atoms with Crippen LogP contribution in [0, 0.1) is 11.4 Å². The number of benzene rings is 1. The van der Waals surface area contributed by atoms with Crippen molar-refractivity contribution in [3.05, 3.63) is 79.7 Å². The maximum atomic E-state index is 14.0. The molecule has 0 N–H and O–H groups in total. The Morgan fingerprint density at radius 1 is 1.11 bits per heavy atom. The predicted octanol–water partition coefficient (Wildman–Crippen LogP) is 6.16. The molecule has 0 bridgehead atoms. The first kappa shape index (κ1) is 25.8. The molecule has 0 aliphatic carbocycles. The summed E-state index contributed by atoms with van der Waals surface area (Å²) < 4.78 is 21.5. The second kappa shape index (κ2) is 9.97. The smallest absolute Gasteiger partial charge is 0.313 e. The van der Waals surface area contributed by atoms with Gasteiger partial charge in [-0.3, -0.25) is 14.2 Å². The summed E-state index contributed by atoms with van der Waals surface area (Å²) in [5.41, 5.74) is 3.62. The van der Waals surface area contributed by atoms with Crippen LogP contribution in [0.3, 0.4) is 0 Å². The molecule has 37 heavy (non-hydrogen) atoms. The number of pyridine rings is 2. The molecule has 7 nitrogen and oxygen atoms in total. The molecular weight excluding hydrogens is 471 g/mol. The highest BCUT2D eigenvalue weighted by Gasteiger charge is 2.27. The molecule has 1 amide bonds. The molecule has 0 aliphatic heterocycles. The molecule has 4 aromatic rings. The van der Waals surface area contributed by atoms with Crippen molar-refractivity contribution in [2.45, 2.75) is 33.9 Å². The van der Waals surface area contributed by atoms with Gasteiger partial charge in [0.2, 0.25) is 11.9 Å². The molecule has 0 fully saturated rings. The highest BCUT2D eigenvalue weighted by atomic mass is 19.1. The molecule has 1 atom stereocenters. The number of carbonyl (C=O) groups is 2. The van der Waals surface area contributed by atoms with Crippen molar-refractivity contribution < 1.29 is 18.7 Å². The zero-order valence-corrected chi connectivity index (χ0v) is 21.5. The quantitative estimate of drug-likeness (QED) is 0.180. The number of hydrogen-bond donors (Lipinski definition) is 0. The van der Waals surface area contributed by atoms with Crippen molar-refractivity contribution in [3.63, 3.8) is 0 Å². The van der Waals surface area contributed by atoms with Crippen molar-refractivity contribution in [1.82, 2.24) is 14.5 Å². The number of esters is 1. The number of likely N-dealkylation sites (N-methyl/N-ethyl adjacent to an activating group) is 1. The van der Waals surface area contributed by atoms with E-state index in [2.05, 4.69) is 11.6 Å². The molecule has 4 rings (SSSR count). The lowest BCUT2D eigenvalue weighted by Gasteiger charge is -2.22. The van der Waals surface area contributed by atoms with E-state index in [0.717, 1.165) is 22.1 Å². The largest absolute Gasteiger partial charge is 0.441 e. The van der Waals surface area contributed by atoms with Gasteiger partial charge in [-0.25, -0.2) is 9.97 Å². The van der Waals surface area contributed by atoms with Gasteiger partial charge in [0.25, 0.3) is 0 Å². The first-order valence-electron chi connectivity index (χ1n) is 11.8. The normalized spacial score (nSPS) is 12.3. The van der Waals surface area contributed by atoms with E-state index < -0.39 is 17.6 Å². The lowest BCUT2D eigenvalue weighted by molar-refractivity contribution is -0.162. The monoisotopic (exact) mass is 500 g/mol. The van der Waals surface area contributed by atoms with Crippen LogP contribution in [-0.4, -0.2) is 33.5 Å². The third kappa shape index (κ3) is 5.28.